The van der Waals surface area contributed by atoms with Gasteiger partial charge in [0.05, 0.1) is 6.61 Å². The molecule has 5 heteroatoms. The smallest absolute Gasteiger partial charge is 0.317 e. The summed E-state index contributed by atoms with van der Waals surface area (Å²) in [6.07, 6.45) is 6.75. The first-order valence-corrected chi connectivity index (χ1v) is 12.7. The Labute approximate surface area is 197 Å². The van der Waals surface area contributed by atoms with Gasteiger partial charge in [-0.25, -0.2) is 4.79 Å². The summed E-state index contributed by atoms with van der Waals surface area (Å²) in [6, 6.07) is 18.2. The fourth-order valence-corrected chi connectivity index (χ4v) is 6.24. The lowest BCUT2D eigenvalue weighted by atomic mass is 9.74. The fraction of sp³-hybridized carbons (Fsp3) is 0.536. The Bertz CT molecular complexity index is 954. The third kappa shape index (κ3) is 4.53. The van der Waals surface area contributed by atoms with E-state index in [0.29, 0.717) is 6.04 Å². The van der Waals surface area contributed by atoms with E-state index >= 15 is 0 Å². The zero-order valence-electron chi connectivity index (χ0n) is 19.7. The van der Waals surface area contributed by atoms with Crippen molar-refractivity contribution >= 4 is 6.03 Å². The van der Waals surface area contributed by atoms with E-state index < -0.39 is 0 Å². The van der Waals surface area contributed by atoms with Crippen LogP contribution >= 0.6 is 0 Å². The average molecular weight is 448 g/mol. The maximum atomic E-state index is 13.1. The molecule has 0 radical (unpaired) electrons. The molecule has 3 atom stereocenters. The van der Waals surface area contributed by atoms with Crippen LogP contribution in [0.2, 0.25) is 0 Å². The number of rotatable bonds is 4. The van der Waals surface area contributed by atoms with E-state index in [1.54, 1.807) is 0 Å². The second-order valence-electron chi connectivity index (χ2n) is 10.1. The van der Waals surface area contributed by atoms with Crippen LogP contribution in [0.15, 0.2) is 48.5 Å². The first kappa shape index (κ1) is 22.4. The number of carbonyl (C=O) groups is 1. The third-order valence-electron chi connectivity index (χ3n) is 8.09. The maximum Gasteiger partial charge on any atom is 0.317 e. The van der Waals surface area contributed by atoms with Gasteiger partial charge in [-0.05, 0) is 61.4 Å². The van der Waals surface area contributed by atoms with E-state index in [4.69, 9.17) is 0 Å². The number of hydrogen-bond donors (Lipinski definition) is 2. The van der Waals surface area contributed by atoms with Crippen LogP contribution in [-0.4, -0.2) is 65.3 Å². The highest BCUT2D eigenvalue weighted by molar-refractivity contribution is 5.74. The number of aliphatic hydroxyl groups is 1. The number of aliphatic hydroxyl groups excluding tert-OH is 1. The zero-order valence-corrected chi connectivity index (χ0v) is 19.7. The second kappa shape index (κ2) is 9.86. The van der Waals surface area contributed by atoms with Crippen LogP contribution < -0.4 is 5.32 Å². The first-order valence-electron chi connectivity index (χ1n) is 12.7. The van der Waals surface area contributed by atoms with Crippen LogP contribution in [0.5, 0.6) is 0 Å². The summed E-state index contributed by atoms with van der Waals surface area (Å²) in [5, 5.41) is 13.5. The predicted molar refractivity (Wildman–Crippen MR) is 132 cm³/mol. The molecule has 1 aliphatic carbocycles. The van der Waals surface area contributed by atoms with Crippen LogP contribution in [0.4, 0.5) is 4.79 Å². The number of nitrogens with one attached hydrogen (secondary N) is 1. The molecular weight excluding hydrogens is 410 g/mol. The Balaban J connectivity index is 1.34. The molecule has 33 heavy (non-hydrogen) atoms. The van der Waals surface area contributed by atoms with Crippen molar-refractivity contribution in [2.75, 3.05) is 26.2 Å². The number of fused-ring (bicyclic) bond motifs is 1. The van der Waals surface area contributed by atoms with Crippen molar-refractivity contribution in [3.8, 4) is 11.1 Å². The highest BCUT2D eigenvalue weighted by Gasteiger charge is 2.49. The summed E-state index contributed by atoms with van der Waals surface area (Å²) in [5.74, 6) is 0.251. The Kier molecular flexibility index (Phi) is 6.70. The van der Waals surface area contributed by atoms with Gasteiger partial charge in [0.2, 0.25) is 0 Å². The number of urea groups is 1. The van der Waals surface area contributed by atoms with Gasteiger partial charge in [0.15, 0.2) is 0 Å². The quantitative estimate of drug-likeness (QED) is 0.724. The van der Waals surface area contributed by atoms with Gasteiger partial charge in [0.1, 0.15) is 0 Å². The summed E-state index contributed by atoms with van der Waals surface area (Å²) >= 11 is 0. The minimum Gasteiger partial charge on any atom is -0.395 e. The van der Waals surface area contributed by atoms with Gasteiger partial charge in [-0.15, -0.1) is 0 Å². The number of carbonyl (C=O) groups excluding carboxylic acids is 1. The molecule has 2 amide bonds. The summed E-state index contributed by atoms with van der Waals surface area (Å²) in [4.78, 5) is 17.5. The van der Waals surface area contributed by atoms with Crippen LogP contribution in [0.3, 0.4) is 0 Å². The van der Waals surface area contributed by atoms with Crippen molar-refractivity contribution in [3.05, 3.63) is 59.7 Å². The van der Waals surface area contributed by atoms with Crippen molar-refractivity contribution in [3.63, 3.8) is 0 Å². The molecule has 5 rings (SSSR count). The number of amides is 2. The predicted octanol–water partition coefficient (Wildman–Crippen LogP) is 4.54. The molecule has 2 N–H and O–H groups in total. The van der Waals surface area contributed by atoms with Crippen molar-refractivity contribution < 1.29 is 9.90 Å². The molecular formula is C28H37N3O2. The largest absolute Gasteiger partial charge is 0.395 e. The molecule has 3 fully saturated rings. The summed E-state index contributed by atoms with van der Waals surface area (Å²) in [6.45, 7) is 4.88. The molecule has 5 nitrogen and oxygen atoms in total. The normalized spacial score (nSPS) is 26.2. The van der Waals surface area contributed by atoms with Crippen molar-refractivity contribution in [2.45, 2.75) is 69.5 Å². The molecule has 0 aromatic heterocycles. The number of nitrogens with zero attached hydrogens (tertiary/aromatic N) is 2. The Hall–Kier alpha value is -2.37. The maximum absolute atomic E-state index is 13.1. The number of hydrogen-bond acceptors (Lipinski definition) is 3. The van der Waals surface area contributed by atoms with E-state index in [0.717, 1.165) is 45.3 Å². The third-order valence-corrected chi connectivity index (χ3v) is 8.09. The lowest BCUT2D eigenvalue weighted by Crippen LogP contribution is -2.68. The molecule has 2 aliphatic heterocycles. The van der Waals surface area contributed by atoms with E-state index in [1.807, 2.05) is 4.90 Å². The molecule has 2 saturated heterocycles. The van der Waals surface area contributed by atoms with E-state index in [1.165, 1.54) is 35.1 Å². The van der Waals surface area contributed by atoms with Crippen molar-refractivity contribution in [1.82, 2.24) is 15.1 Å². The minimum atomic E-state index is 0.102. The van der Waals surface area contributed by atoms with Crippen molar-refractivity contribution in [2.24, 2.45) is 0 Å². The van der Waals surface area contributed by atoms with Crippen molar-refractivity contribution in [1.29, 1.82) is 0 Å². The standard InChI is InChI=1S/C28H37N3O2/c1-20-8-2-5-11-24(20)21-12-14-22(15-13-21)27-25-18-30(28(33)29-23-9-3-4-10-23)16-6-7-17-31(25)26(27)19-32/h2,5,8,11-15,23,25-27,32H,3-4,6-7,9-10,16-19H2,1H3,(H,29,33)/t25-,26-,27-/m1/s1. The van der Waals surface area contributed by atoms with E-state index in [9.17, 15) is 9.90 Å². The molecule has 176 valence electrons. The second-order valence-corrected chi connectivity index (χ2v) is 10.1. The van der Waals surface area contributed by atoms with Crippen LogP contribution in [0.25, 0.3) is 11.1 Å². The minimum absolute atomic E-state index is 0.102. The Morgan fingerprint density at radius 2 is 1.73 bits per heavy atom. The molecule has 0 unspecified atom stereocenters. The van der Waals surface area contributed by atoms with E-state index in [-0.39, 0.29) is 30.6 Å². The Morgan fingerprint density at radius 1 is 1.00 bits per heavy atom. The highest BCUT2D eigenvalue weighted by Crippen LogP contribution is 2.42. The fourth-order valence-electron chi connectivity index (χ4n) is 6.24. The molecule has 2 aromatic carbocycles. The topological polar surface area (TPSA) is 55.8 Å². The molecule has 1 saturated carbocycles. The molecule has 2 aromatic rings. The summed E-state index contributed by atoms with van der Waals surface area (Å²) in [5.41, 5.74) is 5.03. The molecule has 2 heterocycles. The highest BCUT2D eigenvalue weighted by atomic mass is 16.3. The lowest BCUT2D eigenvalue weighted by Gasteiger charge is -2.57. The van der Waals surface area contributed by atoms with Crippen LogP contribution in [0.1, 0.15) is 55.6 Å². The number of benzene rings is 2. The molecule has 0 spiro atoms. The van der Waals surface area contributed by atoms with Gasteiger partial charge < -0.3 is 15.3 Å². The van der Waals surface area contributed by atoms with Gasteiger partial charge in [-0.1, -0.05) is 61.4 Å². The monoisotopic (exact) mass is 447 g/mol. The summed E-state index contributed by atoms with van der Waals surface area (Å²) < 4.78 is 0. The van der Waals surface area contributed by atoms with Crippen LogP contribution in [0, 0.1) is 6.92 Å². The van der Waals surface area contributed by atoms with Gasteiger partial charge in [-0.2, -0.15) is 0 Å². The Morgan fingerprint density at radius 3 is 2.45 bits per heavy atom. The van der Waals surface area contributed by atoms with Gasteiger partial charge in [0.25, 0.3) is 0 Å². The average Bonchev–Trinajstić information content (AvgIpc) is 3.32. The zero-order chi connectivity index (χ0) is 22.8. The van der Waals surface area contributed by atoms with Gasteiger partial charge >= 0.3 is 6.03 Å². The first-order chi connectivity index (χ1) is 16.2. The summed E-state index contributed by atoms with van der Waals surface area (Å²) in [7, 11) is 0. The SMILES string of the molecule is Cc1ccccc1-c1ccc([C@H]2[C@@H](CO)N3CCCCN(C(=O)NC4CCCC4)C[C@H]23)cc1. The molecule has 3 aliphatic rings. The van der Waals surface area contributed by atoms with E-state index in [2.05, 4.69) is 65.7 Å². The number of aryl methyl sites for hydroxylation is 1. The lowest BCUT2D eigenvalue weighted by molar-refractivity contribution is -0.0591. The molecule has 0 bridgehead atoms. The van der Waals surface area contributed by atoms with Gasteiger partial charge in [-0.3, -0.25) is 4.90 Å². The van der Waals surface area contributed by atoms with Gasteiger partial charge in [0, 0.05) is 37.1 Å². The van der Waals surface area contributed by atoms with Crippen LogP contribution in [-0.2, 0) is 0 Å².